The van der Waals surface area contributed by atoms with Crippen LogP contribution in [0.25, 0.3) is 0 Å². The number of aliphatic hydroxyl groups is 13. The van der Waals surface area contributed by atoms with E-state index in [-0.39, 0.29) is 77.7 Å². The Morgan fingerprint density at radius 2 is 0.917 bits per heavy atom. The summed E-state index contributed by atoms with van der Waals surface area (Å²) in [4.78, 5) is 241. The SMILES string of the molecule is CCNC(=O)C1CCCN1C(=O)C(C)NC(=O)C1CCCN1C(=O)C(CCCN=C(N)N)NC(=O)C(NC(=O)C(CC(=O)O)NC(=O)C1CCCN1C(=O)C(C)NC(=O)C(CO)NC(=O)C(NC(=O)C(NC(=O)CNC(=O)C(N)Cc1cnc[nH]1)C(C)C)C(C)O[C@H]1O[C@H](CO)[C@@H](O)C(O[C@H]2O[C@H](CO)[C@@H](O)C(O)C2O)C1NC(C)=O)C(C)O[C@H]1O[C@H](CO)[C@@H](O)C(O[C@H]2O[C@H](CO)[C@@H](O)C(O)C2O)C1NC(C)=O. The number of amides is 15. The van der Waals surface area contributed by atoms with Gasteiger partial charge in [-0.3, -0.25) is 81.7 Å². The van der Waals surface area contributed by atoms with Crippen molar-refractivity contribution >= 4 is 101 Å². The van der Waals surface area contributed by atoms with Gasteiger partial charge in [-0.2, -0.15) is 0 Å². The zero-order chi connectivity index (χ0) is 107. The van der Waals surface area contributed by atoms with E-state index in [4.69, 9.17) is 55.1 Å². The second kappa shape index (κ2) is 55.1. The largest absolute Gasteiger partial charge is 0.481 e. The summed E-state index contributed by atoms with van der Waals surface area (Å²) in [6.07, 6.45) is -37.5. The predicted octanol–water partition coefficient (Wildman–Crippen LogP) is -17.1. The molecule has 7 fully saturated rings. The number of guanidine groups is 1. The molecule has 0 radical (unpaired) electrons. The van der Waals surface area contributed by atoms with Gasteiger partial charge < -0.3 is 210 Å². The first-order valence-corrected chi connectivity index (χ1v) is 47.2. The lowest BCUT2D eigenvalue weighted by molar-refractivity contribution is -0.347. The lowest BCUT2D eigenvalue weighted by Crippen LogP contribution is -2.69. The van der Waals surface area contributed by atoms with Gasteiger partial charge in [-0.25, -0.2) is 4.98 Å². The van der Waals surface area contributed by atoms with Gasteiger partial charge in [0.25, 0.3) is 0 Å². The Labute approximate surface area is 824 Å². The molecule has 1 aromatic heterocycles. The number of carboxylic acids is 1. The minimum Gasteiger partial charge on any atom is -0.481 e. The number of aliphatic carboxylic acids is 1. The van der Waals surface area contributed by atoms with E-state index in [1.54, 1.807) is 6.92 Å². The van der Waals surface area contributed by atoms with E-state index in [0.717, 1.165) is 44.4 Å². The first-order valence-electron chi connectivity index (χ1n) is 47.2. The molecule has 812 valence electrons. The summed E-state index contributed by atoms with van der Waals surface area (Å²) in [5, 5.41) is 180. The van der Waals surface area contributed by atoms with E-state index >= 15 is 19.2 Å². The molecule has 33 N–H and O–H groups in total. The quantitative estimate of drug-likeness (QED) is 0.0164. The van der Waals surface area contributed by atoms with Crippen LogP contribution in [0.4, 0.5) is 0 Å². The molecule has 7 aliphatic rings. The number of hydrogen-bond donors (Lipinski definition) is 30. The second-order valence-corrected chi connectivity index (χ2v) is 36.4. The topological polar surface area (TPSA) is 903 Å². The Morgan fingerprint density at radius 3 is 1.35 bits per heavy atom. The van der Waals surface area contributed by atoms with Crippen LogP contribution in [-0.4, -0.2) is 476 Å². The number of ether oxygens (including phenoxy) is 8. The molecule has 144 heavy (non-hydrogen) atoms. The molecular weight excluding hydrogens is 1920 g/mol. The number of imidazole rings is 1. The first kappa shape index (κ1) is 118. The van der Waals surface area contributed by atoms with Crippen LogP contribution in [-0.2, 0) is 121 Å². The van der Waals surface area contributed by atoms with E-state index in [9.17, 15) is 129 Å². The van der Waals surface area contributed by atoms with Crippen LogP contribution in [0, 0.1) is 5.92 Å². The molecule has 34 atom stereocenters. The number of aliphatic imine (C=N–C) groups is 1. The van der Waals surface area contributed by atoms with E-state index in [0.29, 0.717) is 18.5 Å². The lowest BCUT2D eigenvalue weighted by atomic mass is 9.95. The normalized spacial score (nSPS) is 29.8. The number of H-pyrrole nitrogens is 1. The predicted molar refractivity (Wildman–Crippen MR) is 484 cm³/mol. The van der Waals surface area contributed by atoms with E-state index in [1.807, 2.05) is 0 Å². The minimum atomic E-state index is -2.30. The smallest absolute Gasteiger partial charge is 0.305 e. The van der Waals surface area contributed by atoms with Gasteiger partial charge in [0.2, 0.25) is 88.6 Å². The molecule has 59 nitrogen and oxygen atoms in total. The van der Waals surface area contributed by atoms with Gasteiger partial charge >= 0.3 is 5.97 Å². The molecule has 0 saturated carbocycles. The van der Waals surface area contributed by atoms with Crippen molar-refractivity contribution < 1.29 is 186 Å². The Kier molecular flexibility index (Phi) is 45.3. The van der Waals surface area contributed by atoms with Crippen LogP contribution in [0.3, 0.4) is 0 Å². The summed E-state index contributed by atoms with van der Waals surface area (Å²) in [7, 11) is 0. The molecular formula is C85H139N21O38. The van der Waals surface area contributed by atoms with Crippen molar-refractivity contribution in [2.45, 2.75) is 334 Å². The van der Waals surface area contributed by atoms with E-state index in [2.05, 4.69) is 78.8 Å². The molecule has 0 bridgehead atoms. The number of hydrogen-bond acceptors (Lipinski definition) is 40. The maximum atomic E-state index is 15.6. The fourth-order valence-electron chi connectivity index (χ4n) is 17.6. The summed E-state index contributed by atoms with van der Waals surface area (Å²) in [5.74, 6) is -18.7. The maximum Gasteiger partial charge on any atom is 0.305 e. The van der Waals surface area contributed by atoms with Crippen LogP contribution >= 0.6 is 0 Å². The summed E-state index contributed by atoms with van der Waals surface area (Å²) < 4.78 is 47.4. The van der Waals surface area contributed by atoms with Crippen molar-refractivity contribution in [1.82, 2.24) is 88.5 Å². The minimum absolute atomic E-state index is 0.00392. The summed E-state index contributed by atoms with van der Waals surface area (Å²) in [5.41, 5.74) is 17.8. The van der Waals surface area contributed by atoms with Crippen molar-refractivity contribution in [3.05, 3.63) is 18.2 Å². The molecule has 0 aliphatic carbocycles. The van der Waals surface area contributed by atoms with Crippen molar-refractivity contribution in [2.24, 2.45) is 28.1 Å². The van der Waals surface area contributed by atoms with Gasteiger partial charge in [0.05, 0.1) is 70.6 Å². The maximum absolute atomic E-state index is 15.6. The Hall–Kier alpha value is -10.9. The molecule has 15 amide bonds. The fourth-order valence-corrected chi connectivity index (χ4v) is 17.6. The lowest BCUT2D eigenvalue weighted by Gasteiger charge is -2.48. The average Bonchev–Trinajstić information content (AvgIpc) is 1.05. The van der Waals surface area contributed by atoms with Crippen molar-refractivity contribution in [1.29, 1.82) is 0 Å². The van der Waals surface area contributed by atoms with Gasteiger partial charge in [0, 0.05) is 64.9 Å². The van der Waals surface area contributed by atoms with Crippen LogP contribution in [0.1, 0.15) is 126 Å². The van der Waals surface area contributed by atoms with E-state index in [1.165, 1.54) is 38.2 Å². The van der Waals surface area contributed by atoms with Crippen molar-refractivity contribution in [3.63, 3.8) is 0 Å². The Balaban J connectivity index is 1.06. The molecule has 7 aliphatic heterocycles. The van der Waals surface area contributed by atoms with Gasteiger partial charge in [0.1, 0.15) is 164 Å². The highest BCUT2D eigenvalue weighted by molar-refractivity contribution is 6.01. The summed E-state index contributed by atoms with van der Waals surface area (Å²) in [6.45, 7) is 4.81. The number of likely N-dealkylation sites (tertiary alicyclic amines) is 3. The highest BCUT2D eigenvalue weighted by atomic mass is 16.7. The molecule has 8 rings (SSSR count). The number of rotatable bonds is 49. The zero-order valence-corrected chi connectivity index (χ0v) is 80.7. The number of aliphatic hydroxyl groups excluding tert-OH is 13. The van der Waals surface area contributed by atoms with Crippen molar-refractivity contribution in [2.75, 3.05) is 72.3 Å². The standard InChI is InChI=1S/C85H139N21O38/c1-10-90-72(128)45-16-12-20-104(45)79(135)35(5)95-73(129)46-17-14-22-106(46)80(136)42(15-11-19-91-85(87)88)98-76(132)55(36(6)137-81-57(96-38(8)112)67(61(119)50(30-110)139-81)143-83-65(123)63(121)59(117)48(28-108)141-83)102-70(126)43(24-53(115)116)99-74(130)47-18-13-21-105(47)78(134)34(4)94-71(127)44(27-107)100-77(133)56(103-75(131)54(33(2)3)101-52(114)26-92-69(125)41(86)23-40-25-89-32-93-40)37(7)138-82-58(97-39(9)113)68(62(120)51(31-111)140-82)144-84-66(124)64(122)60(118)49(29-109)142-84/h25,32-37,41-51,54-68,81-84,107-111,117-124H,10-24,26-31,86H2,1-9H3,(H,89,93)(H,90,128)(H,92,125)(H,94,127)(H,95,129)(H,96,112)(H,97,113)(H,98,132)(H,99,130)(H,100,133)(H,101,114)(H,102,126)(H,103,131)(H,115,116)(H4,87,88,91)/t34?,35?,36?,37?,41?,42?,43?,44?,45?,46?,47?,48-,49-,50-,51-,54?,55?,56?,57?,58?,59-,60-,61-,62-,63?,64?,65?,66?,67?,68?,81+,82+,83-,84-/m1/s1. The van der Waals surface area contributed by atoms with Gasteiger partial charge in [-0.05, 0) is 91.9 Å². The second-order valence-electron chi connectivity index (χ2n) is 36.4. The molecule has 7 saturated heterocycles. The average molecular weight is 2060 g/mol. The van der Waals surface area contributed by atoms with Gasteiger partial charge in [-0.1, -0.05) is 13.8 Å². The highest BCUT2D eigenvalue weighted by Crippen LogP contribution is 2.35. The van der Waals surface area contributed by atoms with Crippen LogP contribution in [0.5, 0.6) is 0 Å². The van der Waals surface area contributed by atoms with Crippen LogP contribution in [0.2, 0.25) is 0 Å². The van der Waals surface area contributed by atoms with Crippen LogP contribution < -0.4 is 81.0 Å². The fraction of sp³-hybridized carbons (Fsp3) is 0.765. The number of nitrogens with zero attached hydrogens (tertiary/aromatic N) is 5. The first-order chi connectivity index (χ1) is 68.0. The Morgan fingerprint density at radius 1 is 0.493 bits per heavy atom. The van der Waals surface area contributed by atoms with Crippen molar-refractivity contribution in [3.8, 4) is 0 Å². The monoisotopic (exact) mass is 2060 g/mol. The molecule has 0 spiro atoms. The summed E-state index contributed by atoms with van der Waals surface area (Å²) >= 11 is 0. The molecule has 22 unspecified atom stereocenters. The Bertz CT molecular complexity index is 4550. The van der Waals surface area contributed by atoms with Gasteiger partial charge in [-0.15, -0.1) is 0 Å². The number of nitrogens with two attached hydrogens (primary N) is 3. The number of likely N-dealkylation sites (N-methyl/N-ethyl adjacent to an activating group) is 1. The summed E-state index contributed by atoms with van der Waals surface area (Å²) in [6, 6.07) is -24.0. The third kappa shape index (κ3) is 31.1. The third-order valence-electron chi connectivity index (χ3n) is 25.3. The number of aromatic nitrogens is 2. The molecule has 8 heterocycles. The molecule has 0 aromatic carbocycles. The number of aromatic amines is 1. The number of nitrogens with one attached hydrogen (secondary N) is 13. The van der Waals surface area contributed by atoms with E-state index < -0.39 is 360 Å². The highest BCUT2D eigenvalue weighted by Gasteiger charge is 2.57. The molecule has 59 heteroatoms. The van der Waals surface area contributed by atoms with Crippen LogP contribution in [0.15, 0.2) is 17.5 Å². The zero-order valence-electron chi connectivity index (χ0n) is 80.7. The number of carbonyl (C=O) groups excluding carboxylic acids is 15. The van der Waals surface area contributed by atoms with Gasteiger partial charge in [0.15, 0.2) is 31.1 Å². The number of carbonyl (C=O) groups is 16. The number of carboxylic acid groups (broad SMARTS) is 1. The third-order valence-corrected chi connectivity index (χ3v) is 25.3. The molecule has 1 aromatic rings.